The number of benzene rings is 1. The Morgan fingerprint density at radius 1 is 1.27 bits per heavy atom. The molecule has 0 saturated carbocycles. The molecule has 6 nitrogen and oxygen atoms in total. The molecule has 1 saturated heterocycles. The van der Waals surface area contributed by atoms with E-state index in [0.29, 0.717) is 18.2 Å². The van der Waals surface area contributed by atoms with Crippen LogP contribution in [0.3, 0.4) is 0 Å². The summed E-state index contributed by atoms with van der Waals surface area (Å²) in [5, 5.41) is 5.10. The molecule has 30 heavy (non-hydrogen) atoms. The second kappa shape index (κ2) is 10.9. The van der Waals surface area contributed by atoms with E-state index in [2.05, 4.69) is 46.9 Å². The highest BCUT2D eigenvalue weighted by Gasteiger charge is 2.18. The van der Waals surface area contributed by atoms with E-state index in [1.165, 1.54) is 5.56 Å². The van der Waals surface area contributed by atoms with Crippen LogP contribution in [0.1, 0.15) is 37.8 Å². The van der Waals surface area contributed by atoms with Gasteiger partial charge in [0.15, 0.2) is 5.11 Å². The van der Waals surface area contributed by atoms with Gasteiger partial charge in [-0.25, -0.2) is 0 Å². The first-order valence-corrected chi connectivity index (χ1v) is 11.4. The van der Waals surface area contributed by atoms with E-state index in [-0.39, 0.29) is 11.7 Å². The van der Waals surface area contributed by atoms with Gasteiger partial charge in [-0.3, -0.25) is 4.79 Å². The summed E-state index contributed by atoms with van der Waals surface area (Å²) in [5.41, 5.74) is 2.71. The number of aryl methyl sites for hydroxylation is 1. The van der Waals surface area contributed by atoms with E-state index in [9.17, 15) is 4.79 Å². The maximum atomic E-state index is 12.7. The van der Waals surface area contributed by atoms with Crippen molar-refractivity contribution in [3.05, 3.63) is 45.7 Å². The zero-order chi connectivity index (χ0) is 21.5. The molecule has 0 bridgehead atoms. The average Bonchev–Trinajstić information content (AvgIpc) is 3.26. The van der Waals surface area contributed by atoms with Crippen LogP contribution in [0.5, 0.6) is 0 Å². The zero-order valence-electron chi connectivity index (χ0n) is 18.4. The van der Waals surface area contributed by atoms with Gasteiger partial charge in [-0.2, -0.15) is 0 Å². The fraction of sp³-hybridized carbons (Fsp3) is 0.565. The largest absolute Gasteiger partial charge is 0.376 e. The predicted octanol–water partition coefficient (Wildman–Crippen LogP) is 3.03. The molecule has 3 rings (SSSR count). The van der Waals surface area contributed by atoms with Gasteiger partial charge in [0.05, 0.1) is 12.6 Å². The van der Waals surface area contributed by atoms with Crippen molar-refractivity contribution in [2.45, 2.75) is 46.3 Å². The highest BCUT2D eigenvalue weighted by atomic mass is 32.1. The van der Waals surface area contributed by atoms with Gasteiger partial charge in [0, 0.05) is 37.3 Å². The topological polar surface area (TPSA) is 60.6 Å². The summed E-state index contributed by atoms with van der Waals surface area (Å²) in [6.07, 6.45) is 2.40. The Kier molecular flexibility index (Phi) is 8.24. The van der Waals surface area contributed by atoms with Crippen LogP contribution in [-0.4, -0.2) is 65.3 Å². The third-order valence-electron chi connectivity index (χ3n) is 5.81. The lowest BCUT2D eigenvalue weighted by molar-refractivity contribution is 0.113. The molecule has 0 spiro atoms. The molecule has 1 atom stereocenters. The predicted molar refractivity (Wildman–Crippen MR) is 127 cm³/mol. The molecule has 1 fully saturated rings. The third kappa shape index (κ3) is 6.03. The minimum atomic E-state index is -0.0545. The SMILES string of the molecule is CCN(CC)CCN(Cc1cc2cc(C)ccc2[nH]c1=O)C(=S)NCC1CCCO1. The lowest BCUT2D eigenvalue weighted by atomic mass is 10.1. The van der Waals surface area contributed by atoms with Crippen molar-refractivity contribution in [2.75, 3.05) is 39.3 Å². The van der Waals surface area contributed by atoms with Crippen LogP contribution in [0.2, 0.25) is 0 Å². The van der Waals surface area contributed by atoms with Crippen LogP contribution in [-0.2, 0) is 11.3 Å². The maximum Gasteiger partial charge on any atom is 0.253 e. The smallest absolute Gasteiger partial charge is 0.253 e. The zero-order valence-corrected chi connectivity index (χ0v) is 19.2. The van der Waals surface area contributed by atoms with Gasteiger partial charge in [-0.05, 0) is 68.7 Å². The minimum Gasteiger partial charge on any atom is -0.376 e. The number of fused-ring (bicyclic) bond motifs is 1. The number of nitrogens with zero attached hydrogens (tertiary/aromatic N) is 2. The standard InChI is InChI=1S/C23H34N4O2S/c1-4-26(5-2)10-11-27(23(30)24-15-20-7-6-12-29-20)16-19-14-18-13-17(3)8-9-21(18)25-22(19)28/h8-9,13-14,20H,4-7,10-12,15-16H2,1-3H3,(H,24,30)(H,25,28). The Balaban J connectivity index is 1.76. The number of pyridine rings is 1. The molecule has 1 aliphatic rings. The Bertz CT molecular complexity index is 904. The van der Waals surface area contributed by atoms with Gasteiger partial charge in [0.2, 0.25) is 0 Å². The van der Waals surface area contributed by atoms with Gasteiger partial charge < -0.3 is 24.8 Å². The van der Waals surface area contributed by atoms with Crippen molar-refractivity contribution in [1.82, 2.24) is 20.1 Å². The number of thiocarbonyl (C=S) groups is 1. The number of ether oxygens (including phenoxy) is 1. The molecule has 2 N–H and O–H groups in total. The molecule has 0 aliphatic carbocycles. The highest BCUT2D eigenvalue weighted by molar-refractivity contribution is 7.80. The lowest BCUT2D eigenvalue weighted by Gasteiger charge is -2.29. The molecule has 0 amide bonds. The minimum absolute atomic E-state index is 0.0545. The number of rotatable bonds is 9. The molecule has 7 heteroatoms. The van der Waals surface area contributed by atoms with Crippen molar-refractivity contribution < 1.29 is 4.74 Å². The van der Waals surface area contributed by atoms with E-state index in [0.717, 1.165) is 62.1 Å². The van der Waals surface area contributed by atoms with Crippen molar-refractivity contribution in [1.29, 1.82) is 0 Å². The Hall–Kier alpha value is -1.96. The fourth-order valence-electron chi connectivity index (χ4n) is 3.87. The molecule has 1 aromatic carbocycles. The first-order chi connectivity index (χ1) is 14.5. The number of aromatic nitrogens is 1. The number of H-pyrrole nitrogens is 1. The molecule has 164 valence electrons. The molecule has 0 radical (unpaired) electrons. The number of nitrogens with one attached hydrogen (secondary N) is 2. The third-order valence-corrected chi connectivity index (χ3v) is 6.21. The van der Waals surface area contributed by atoms with Crippen LogP contribution >= 0.6 is 12.2 Å². The molecular formula is C23H34N4O2S. The van der Waals surface area contributed by atoms with Crippen molar-refractivity contribution in [2.24, 2.45) is 0 Å². The van der Waals surface area contributed by atoms with Crippen LogP contribution in [0.15, 0.2) is 29.1 Å². The summed E-state index contributed by atoms with van der Waals surface area (Å²) >= 11 is 5.72. The maximum absolute atomic E-state index is 12.7. The number of hydrogen-bond donors (Lipinski definition) is 2. The molecule has 2 aromatic rings. The van der Waals surface area contributed by atoms with Crippen LogP contribution < -0.4 is 10.9 Å². The molecule has 1 aliphatic heterocycles. The van der Waals surface area contributed by atoms with Crippen LogP contribution in [0, 0.1) is 6.92 Å². The van der Waals surface area contributed by atoms with Gasteiger partial charge in [0.1, 0.15) is 0 Å². The van der Waals surface area contributed by atoms with E-state index < -0.39 is 0 Å². The fourth-order valence-corrected chi connectivity index (χ4v) is 4.11. The van der Waals surface area contributed by atoms with Gasteiger partial charge >= 0.3 is 0 Å². The molecule has 1 unspecified atom stereocenters. The van der Waals surface area contributed by atoms with Gasteiger partial charge in [-0.15, -0.1) is 0 Å². The Labute approximate surface area is 184 Å². The number of likely N-dealkylation sites (N-methyl/N-ethyl adjacent to an activating group) is 1. The summed E-state index contributed by atoms with van der Waals surface area (Å²) < 4.78 is 5.71. The van der Waals surface area contributed by atoms with Crippen LogP contribution in [0.25, 0.3) is 10.9 Å². The summed E-state index contributed by atoms with van der Waals surface area (Å²) in [5.74, 6) is 0. The Morgan fingerprint density at radius 3 is 2.77 bits per heavy atom. The number of aromatic amines is 1. The summed E-state index contributed by atoms with van der Waals surface area (Å²) in [6.45, 7) is 12.1. The van der Waals surface area contributed by atoms with E-state index in [1.807, 2.05) is 18.2 Å². The summed E-state index contributed by atoms with van der Waals surface area (Å²) in [4.78, 5) is 20.2. The van der Waals surface area contributed by atoms with Crippen molar-refractivity contribution in [3.63, 3.8) is 0 Å². The van der Waals surface area contributed by atoms with E-state index >= 15 is 0 Å². The quantitative estimate of drug-likeness (QED) is 0.597. The second-order valence-electron chi connectivity index (χ2n) is 7.98. The summed E-state index contributed by atoms with van der Waals surface area (Å²) in [7, 11) is 0. The van der Waals surface area contributed by atoms with Crippen molar-refractivity contribution >= 4 is 28.2 Å². The second-order valence-corrected chi connectivity index (χ2v) is 8.37. The summed E-state index contributed by atoms with van der Waals surface area (Å²) in [6, 6.07) is 8.07. The normalized spacial score (nSPS) is 16.3. The molecule has 1 aromatic heterocycles. The highest BCUT2D eigenvalue weighted by Crippen LogP contribution is 2.15. The van der Waals surface area contributed by atoms with E-state index in [4.69, 9.17) is 17.0 Å². The van der Waals surface area contributed by atoms with E-state index in [1.54, 1.807) is 0 Å². The molecule has 2 heterocycles. The first-order valence-electron chi connectivity index (χ1n) is 11.0. The molecular weight excluding hydrogens is 396 g/mol. The lowest BCUT2D eigenvalue weighted by Crippen LogP contribution is -2.46. The van der Waals surface area contributed by atoms with Crippen LogP contribution in [0.4, 0.5) is 0 Å². The monoisotopic (exact) mass is 430 g/mol. The number of hydrogen-bond acceptors (Lipinski definition) is 4. The average molecular weight is 431 g/mol. The van der Waals surface area contributed by atoms with Gasteiger partial charge in [-0.1, -0.05) is 25.5 Å². The Morgan fingerprint density at radius 2 is 2.07 bits per heavy atom. The van der Waals surface area contributed by atoms with Gasteiger partial charge in [0.25, 0.3) is 5.56 Å². The van der Waals surface area contributed by atoms with Crippen molar-refractivity contribution in [3.8, 4) is 0 Å². The first kappa shape index (κ1) is 22.7.